The molecule has 7 heteroatoms. The van der Waals surface area contributed by atoms with Crippen molar-refractivity contribution in [2.24, 2.45) is 19.8 Å². The minimum absolute atomic E-state index is 0.238. The van der Waals surface area contributed by atoms with Crippen LogP contribution in [0.25, 0.3) is 0 Å². The maximum Gasteiger partial charge on any atom is 0.346 e. The SMILES string of the molecule is CN(Cc1ccc(CN)cc1)c1nn(C)c(=O)n(C)c1=O. The molecule has 0 amide bonds. The molecule has 0 unspecified atom stereocenters. The molecule has 0 fully saturated rings. The third-order valence-corrected chi connectivity index (χ3v) is 3.34. The molecular formula is C14H19N5O2. The highest BCUT2D eigenvalue weighted by Gasteiger charge is 2.13. The number of aromatic nitrogens is 3. The van der Waals surface area contributed by atoms with Crippen LogP contribution < -0.4 is 21.9 Å². The molecule has 21 heavy (non-hydrogen) atoms. The molecule has 2 N–H and O–H groups in total. The number of benzene rings is 1. The molecule has 0 atom stereocenters. The fourth-order valence-corrected chi connectivity index (χ4v) is 2.05. The summed E-state index contributed by atoms with van der Waals surface area (Å²) in [6.07, 6.45) is 0. The second-order valence-corrected chi connectivity index (χ2v) is 4.97. The molecule has 0 saturated heterocycles. The molecule has 1 aromatic carbocycles. The van der Waals surface area contributed by atoms with Gasteiger partial charge in [-0.25, -0.2) is 9.48 Å². The van der Waals surface area contributed by atoms with E-state index in [1.165, 1.54) is 14.1 Å². The molecular weight excluding hydrogens is 270 g/mol. The van der Waals surface area contributed by atoms with E-state index in [1.54, 1.807) is 11.9 Å². The number of hydrogen-bond acceptors (Lipinski definition) is 5. The molecule has 0 bridgehead atoms. The van der Waals surface area contributed by atoms with Crippen LogP contribution in [0.2, 0.25) is 0 Å². The van der Waals surface area contributed by atoms with Gasteiger partial charge in [0.2, 0.25) is 5.82 Å². The van der Waals surface area contributed by atoms with Crippen LogP contribution >= 0.6 is 0 Å². The lowest BCUT2D eigenvalue weighted by Gasteiger charge is -2.18. The van der Waals surface area contributed by atoms with Crippen molar-refractivity contribution in [3.8, 4) is 0 Å². The Morgan fingerprint density at radius 1 is 1.14 bits per heavy atom. The van der Waals surface area contributed by atoms with Gasteiger partial charge in [0.05, 0.1) is 0 Å². The van der Waals surface area contributed by atoms with Crippen molar-refractivity contribution < 1.29 is 0 Å². The van der Waals surface area contributed by atoms with Gasteiger partial charge in [0.1, 0.15) is 0 Å². The van der Waals surface area contributed by atoms with E-state index < -0.39 is 11.2 Å². The van der Waals surface area contributed by atoms with Crippen molar-refractivity contribution in [3.05, 3.63) is 56.2 Å². The van der Waals surface area contributed by atoms with Crippen LogP contribution in [0.3, 0.4) is 0 Å². The fourth-order valence-electron chi connectivity index (χ4n) is 2.05. The summed E-state index contributed by atoms with van der Waals surface area (Å²) in [6.45, 7) is 1.02. The Labute approximate surface area is 122 Å². The monoisotopic (exact) mass is 289 g/mol. The Kier molecular flexibility index (Phi) is 4.23. The molecule has 0 spiro atoms. The van der Waals surface area contributed by atoms with Crippen LogP contribution in [0.1, 0.15) is 11.1 Å². The first-order valence-corrected chi connectivity index (χ1v) is 6.57. The Hall–Kier alpha value is -2.41. The summed E-state index contributed by atoms with van der Waals surface area (Å²) in [5, 5.41) is 4.04. The van der Waals surface area contributed by atoms with E-state index in [9.17, 15) is 9.59 Å². The topological polar surface area (TPSA) is 86.2 Å². The second kappa shape index (κ2) is 5.92. The highest BCUT2D eigenvalue weighted by Crippen LogP contribution is 2.09. The second-order valence-electron chi connectivity index (χ2n) is 4.97. The van der Waals surface area contributed by atoms with E-state index in [-0.39, 0.29) is 5.82 Å². The molecule has 0 aliphatic heterocycles. The average molecular weight is 289 g/mol. The molecule has 2 rings (SSSR count). The van der Waals surface area contributed by atoms with E-state index in [0.29, 0.717) is 13.1 Å². The normalized spacial score (nSPS) is 10.7. The lowest BCUT2D eigenvalue weighted by molar-refractivity contribution is 0.593. The molecule has 1 aromatic heterocycles. The first kappa shape index (κ1) is 15.0. The quantitative estimate of drug-likeness (QED) is 0.825. The largest absolute Gasteiger partial charge is 0.349 e. The van der Waals surface area contributed by atoms with E-state index in [1.807, 2.05) is 24.3 Å². The molecule has 1 heterocycles. The first-order chi connectivity index (χ1) is 9.93. The van der Waals surface area contributed by atoms with Gasteiger partial charge in [-0.2, -0.15) is 0 Å². The third kappa shape index (κ3) is 3.03. The molecule has 112 valence electrons. The Morgan fingerprint density at radius 3 is 2.29 bits per heavy atom. The smallest absolute Gasteiger partial charge is 0.346 e. The van der Waals surface area contributed by atoms with Crippen molar-refractivity contribution in [1.82, 2.24) is 14.3 Å². The number of nitrogens with two attached hydrogens (primary N) is 1. The van der Waals surface area contributed by atoms with Crippen molar-refractivity contribution in [1.29, 1.82) is 0 Å². The summed E-state index contributed by atoms with van der Waals surface area (Å²) in [6, 6.07) is 7.83. The lowest BCUT2D eigenvalue weighted by Crippen LogP contribution is -2.42. The molecule has 7 nitrogen and oxygen atoms in total. The van der Waals surface area contributed by atoms with Crippen molar-refractivity contribution >= 4 is 5.82 Å². The molecule has 0 aliphatic carbocycles. The van der Waals surface area contributed by atoms with Gasteiger partial charge in [-0.05, 0) is 11.1 Å². The zero-order valence-corrected chi connectivity index (χ0v) is 12.4. The molecule has 0 aliphatic rings. The van der Waals surface area contributed by atoms with Crippen molar-refractivity contribution in [2.75, 3.05) is 11.9 Å². The van der Waals surface area contributed by atoms with Gasteiger partial charge in [-0.1, -0.05) is 24.3 Å². The van der Waals surface area contributed by atoms with Crippen LogP contribution in [0, 0.1) is 0 Å². The highest BCUT2D eigenvalue weighted by atomic mass is 16.2. The third-order valence-electron chi connectivity index (χ3n) is 3.34. The predicted octanol–water partition coefficient (Wildman–Crippen LogP) is -0.426. The minimum atomic E-state index is -0.440. The van der Waals surface area contributed by atoms with E-state index in [0.717, 1.165) is 20.4 Å². The zero-order valence-electron chi connectivity index (χ0n) is 12.4. The highest BCUT2D eigenvalue weighted by molar-refractivity contribution is 5.35. The maximum absolute atomic E-state index is 12.1. The van der Waals surface area contributed by atoms with Crippen LogP contribution in [0.15, 0.2) is 33.9 Å². The van der Waals surface area contributed by atoms with Gasteiger partial charge in [0, 0.05) is 34.2 Å². The Morgan fingerprint density at radius 2 is 1.71 bits per heavy atom. The van der Waals surface area contributed by atoms with Gasteiger partial charge >= 0.3 is 5.69 Å². The van der Waals surface area contributed by atoms with Gasteiger partial charge in [0.25, 0.3) is 5.56 Å². The standard InChI is InChI=1S/C14H19N5O2/c1-17(9-11-6-4-10(8-15)5-7-11)12-13(20)18(2)14(21)19(3)16-12/h4-7H,8-9,15H2,1-3H3. The lowest BCUT2D eigenvalue weighted by atomic mass is 10.1. The van der Waals surface area contributed by atoms with Crippen LogP contribution in [-0.2, 0) is 27.2 Å². The molecule has 2 aromatic rings. The van der Waals surface area contributed by atoms with Gasteiger partial charge < -0.3 is 10.6 Å². The predicted molar refractivity (Wildman–Crippen MR) is 81.2 cm³/mol. The minimum Gasteiger partial charge on any atom is -0.349 e. The number of aryl methyl sites for hydroxylation is 1. The fraction of sp³-hybridized carbons (Fsp3) is 0.357. The number of nitrogens with zero attached hydrogens (tertiary/aromatic N) is 4. The van der Waals surface area contributed by atoms with E-state index in [4.69, 9.17) is 5.73 Å². The first-order valence-electron chi connectivity index (χ1n) is 6.57. The summed E-state index contributed by atoms with van der Waals surface area (Å²) in [5.74, 6) is 0.238. The van der Waals surface area contributed by atoms with Crippen molar-refractivity contribution in [2.45, 2.75) is 13.1 Å². The number of hydrogen-bond donors (Lipinski definition) is 1. The number of rotatable bonds is 4. The molecule has 0 radical (unpaired) electrons. The summed E-state index contributed by atoms with van der Waals surface area (Å²) in [4.78, 5) is 25.5. The van der Waals surface area contributed by atoms with Crippen LogP contribution in [0.5, 0.6) is 0 Å². The summed E-state index contributed by atoms with van der Waals surface area (Å²) < 4.78 is 2.21. The van der Waals surface area contributed by atoms with E-state index in [2.05, 4.69) is 5.10 Å². The van der Waals surface area contributed by atoms with Gasteiger partial charge in [-0.3, -0.25) is 9.36 Å². The Bertz CT molecular complexity index is 745. The van der Waals surface area contributed by atoms with E-state index >= 15 is 0 Å². The van der Waals surface area contributed by atoms with Crippen molar-refractivity contribution in [3.63, 3.8) is 0 Å². The van der Waals surface area contributed by atoms with Crippen LogP contribution in [-0.4, -0.2) is 21.4 Å². The van der Waals surface area contributed by atoms with Gasteiger partial charge in [-0.15, -0.1) is 5.10 Å². The van der Waals surface area contributed by atoms with Gasteiger partial charge in [0.15, 0.2) is 0 Å². The number of anilines is 1. The summed E-state index contributed by atoms with van der Waals surface area (Å²) >= 11 is 0. The zero-order chi connectivity index (χ0) is 15.6. The summed E-state index contributed by atoms with van der Waals surface area (Å²) in [5.41, 5.74) is 6.81. The maximum atomic E-state index is 12.1. The summed E-state index contributed by atoms with van der Waals surface area (Å²) in [7, 11) is 4.74. The average Bonchev–Trinajstić information content (AvgIpc) is 2.49. The Balaban J connectivity index is 2.30. The molecule has 0 saturated carbocycles. The van der Waals surface area contributed by atoms with Crippen LogP contribution in [0.4, 0.5) is 5.82 Å².